The highest BCUT2D eigenvalue weighted by Gasteiger charge is 2.42. The fourth-order valence-electron chi connectivity index (χ4n) is 5.35. The molecule has 2 atom stereocenters. The number of benzene rings is 1. The fourth-order valence-corrected chi connectivity index (χ4v) is 5.35. The highest BCUT2D eigenvalue weighted by molar-refractivity contribution is 5.67. The van der Waals surface area contributed by atoms with Crippen LogP contribution in [0.25, 0.3) is 0 Å². The molecule has 5 nitrogen and oxygen atoms in total. The summed E-state index contributed by atoms with van der Waals surface area (Å²) in [7, 11) is 0. The van der Waals surface area contributed by atoms with Gasteiger partial charge in [-0.15, -0.1) is 0 Å². The van der Waals surface area contributed by atoms with Crippen LogP contribution in [0.1, 0.15) is 56.4 Å². The average Bonchev–Trinajstić information content (AvgIpc) is 3.74. The number of ether oxygens (including phenoxy) is 1. The third-order valence-electron chi connectivity index (χ3n) is 7.98. The SMILES string of the molecule is O=C(OCC1CCN(CC2CC2)CC1)N1CCC(F)(CN[C@@H]2C[C@H]2c2ccccc2)CC1. The standard InChI is InChI=1S/C26H38FN3O2/c27-26(19-28-24-16-23(24)22-4-2-1-3-5-22)10-14-30(15-11-26)25(31)32-18-21-8-12-29(13-9-21)17-20-6-7-20/h1-5,20-21,23-24,28H,6-19H2/t23-,24+/m0/s1. The van der Waals surface area contributed by atoms with Gasteiger partial charge < -0.3 is 19.9 Å². The molecule has 2 saturated heterocycles. The molecule has 32 heavy (non-hydrogen) atoms. The van der Waals surface area contributed by atoms with Crippen molar-refractivity contribution in [2.45, 2.75) is 62.6 Å². The molecule has 6 heteroatoms. The van der Waals surface area contributed by atoms with Crippen molar-refractivity contribution in [2.24, 2.45) is 11.8 Å². The second-order valence-electron chi connectivity index (χ2n) is 10.6. The Kier molecular flexibility index (Phi) is 6.70. The Morgan fingerprint density at radius 1 is 1.03 bits per heavy atom. The molecule has 0 radical (unpaired) electrons. The highest BCUT2D eigenvalue weighted by Crippen LogP contribution is 2.41. The van der Waals surface area contributed by atoms with Crippen molar-refractivity contribution in [3.63, 3.8) is 0 Å². The number of likely N-dealkylation sites (tertiary alicyclic amines) is 2. The molecule has 4 fully saturated rings. The zero-order valence-electron chi connectivity index (χ0n) is 19.2. The molecule has 2 saturated carbocycles. The van der Waals surface area contributed by atoms with Crippen LogP contribution in [0.5, 0.6) is 0 Å². The summed E-state index contributed by atoms with van der Waals surface area (Å²) >= 11 is 0. The lowest BCUT2D eigenvalue weighted by molar-refractivity contribution is 0.0325. The second kappa shape index (κ2) is 9.68. The molecule has 176 valence electrons. The van der Waals surface area contributed by atoms with E-state index in [4.69, 9.17) is 4.74 Å². The van der Waals surface area contributed by atoms with Crippen molar-refractivity contribution < 1.29 is 13.9 Å². The number of halogens is 1. The van der Waals surface area contributed by atoms with Crippen LogP contribution in [0.2, 0.25) is 0 Å². The van der Waals surface area contributed by atoms with E-state index in [1.807, 2.05) is 6.07 Å². The first kappa shape index (κ1) is 22.1. The van der Waals surface area contributed by atoms with Gasteiger partial charge in [-0.05, 0) is 62.6 Å². The van der Waals surface area contributed by atoms with E-state index in [0.29, 0.717) is 57.0 Å². The Morgan fingerprint density at radius 2 is 1.75 bits per heavy atom. The maximum absolute atomic E-state index is 15.3. The third-order valence-corrected chi connectivity index (χ3v) is 7.98. The number of nitrogens with zero attached hydrogens (tertiary/aromatic N) is 2. The van der Waals surface area contributed by atoms with Crippen molar-refractivity contribution in [3.8, 4) is 0 Å². The molecule has 0 aromatic heterocycles. The molecular weight excluding hydrogens is 405 g/mol. The molecule has 0 bridgehead atoms. The summed E-state index contributed by atoms with van der Waals surface area (Å²) in [6.45, 7) is 5.31. The first-order valence-electron chi connectivity index (χ1n) is 12.7. The topological polar surface area (TPSA) is 44.8 Å². The van der Waals surface area contributed by atoms with Crippen LogP contribution in [-0.4, -0.2) is 73.5 Å². The summed E-state index contributed by atoms with van der Waals surface area (Å²) in [6.07, 6.45) is 6.63. The van der Waals surface area contributed by atoms with Gasteiger partial charge in [-0.3, -0.25) is 0 Å². The van der Waals surface area contributed by atoms with Gasteiger partial charge in [0.2, 0.25) is 0 Å². The van der Waals surface area contributed by atoms with Gasteiger partial charge in [0.05, 0.1) is 6.61 Å². The third kappa shape index (κ3) is 5.82. The smallest absolute Gasteiger partial charge is 0.409 e. The number of carbonyl (C=O) groups excluding carboxylic acids is 1. The highest BCUT2D eigenvalue weighted by atomic mass is 19.1. The van der Waals surface area contributed by atoms with Crippen LogP contribution in [0, 0.1) is 11.8 Å². The molecule has 2 heterocycles. The van der Waals surface area contributed by atoms with Gasteiger partial charge >= 0.3 is 6.09 Å². The van der Waals surface area contributed by atoms with Crippen molar-refractivity contribution in [3.05, 3.63) is 35.9 Å². The molecule has 1 N–H and O–H groups in total. The molecule has 1 aromatic carbocycles. The Hall–Kier alpha value is -1.66. The lowest BCUT2D eigenvalue weighted by atomic mass is 9.93. The van der Waals surface area contributed by atoms with E-state index in [2.05, 4.69) is 34.5 Å². The molecule has 2 aliphatic carbocycles. The normalized spacial score (nSPS) is 28.5. The van der Waals surface area contributed by atoms with Gasteiger partial charge in [0, 0.05) is 51.0 Å². The van der Waals surface area contributed by atoms with Crippen LogP contribution < -0.4 is 5.32 Å². The average molecular weight is 444 g/mol. The summed E-state index contributed by atoms with van der Waals surface area (Å²) < 4.78 is 20.9. The van der Waals surface area contributed by atoms with Gasteiger partial charge in [0.15, 0.2) is 0 Å². The fraction of sp³-hybridized carbons (Fsp3) is 0.731. The van der Waals surface area contributed by atoms with Crippen molar-refractivity contribution >= 4 is 6.09 Å². The monoisotopic (exact) mass is 443 g/mol. The molecule has 4 aliphatic rings. The first-order valence-corrected chi connectivity index (χ1v) is 12.7. The number of carbonyl (C=O) groups is 1. The summed E-state index contributed by atoms with van der Waals surface area (Å²) in [5.74, 6) is 1.92. The van der Waals surface area contributed by atoms with E-state index in [9.17, 15) is 4.79 Å². The summed E-state index contributed by atoms with van der Waals surface area (Å²) in [6, 6.07) is 10.8. The predicted molar refractivity (Wildman–Crippen MR) is 123 cm³/mol. The Balaban J connectivity index is 0.972. The molecule has 5 rings (SSSR count). The minimum Gasteiger partial charge on any atom is -0.449 e. The zero-order chi connectivity index (χ0) is 22.0. The molecular formula is C26H38FN3O2. The van der Waals surface area contributed by atoms with Crippen LogP contribution in [0.4, 0.5) is 9.18 Å². The van der Waals surface area contributed by atoms with E-state index < -0.39 is 5.67 Å². The van der Waals surface area contributed by atoms with Crippen LogP contribution in [0.3, 0.4) is 0 Å². The lowest BCUT2D eigenvalue weighted by Gasteiger charge is -2.36. The van der Waals surface area contributed by atoms with Gasteiger partial charge in [-0.1, -0.05) is 30.3 Å². The number of amides is 1. The molecule has 0 spiro atoms. The first-order chi connectivity index (χ1) is 15.6. The maximum Gasteiger partial charge on any atom is 0.409 e. The van der Waals surface area contributed by atoms with Gasteiger partial charge in [-0.25, -0.2) is 9.18 Å². The van der Waals surface area contributed by atoms with Crippen molar-refractivity contribution in [2.75, 3.05) is 45.9 Å². The van der Waals surface area contributed by atoms with Gasteiger partial charge in [0.1, 0.15) is 5.67 Å². The molecule has 1 aromatic rings. The van der Waals surface area contributed by atoms with E-state index in [-0.39, 0.29) is 6.09 Å². The molecule has 2 aliphatic heterocycles. The Morgan fingerprint density at radius 3 is 2.44 bits per heavy atom. The number of hydrogen-bond acceptors (Lipinski definition) is 4. The van der Waals surface area contributed by atoms with E-state index in [0.717, 1.165) is 38.3 Å². The number of piperidine rings is 2. The second-order valence-corrected chi connectivity index (χ2v) is 10.6. The predicted octanol–water partition coefficient (Wildman–Crippen LogP) is 4.19. The number of hydrogen-bond donors (Lipinski definition) is 1. The summed E-state index contributed by atoms with van der Waals surface area (Å²) in [4.78, 5) is 16.8. The van der Waals surface area contributed by atoms with E-state index in [1.54, 1.807) is 4.90 Å². The Bertz CT molecular complexity index is 756. The molecule has 0 unspecified atom stereocenters. The summed E-state index contributed by atoms with van der Waals surface area (Å²) in [5.41, 5.74) is 0.110. The van der Waals surface area contributed by atoms with Crippen molar-refractivity contribution in [1.82, 2.24) is 15.1 Å². The van der Waals surface area contributed by atoms with Gasteiger partial charge in [-0.2, -0.15) is 0 Å². The van der Waals surface area contributed by atoms with Crippen LogP contribution in [0.15, 0.2) is 30.3 Å². The van der Waals surface area contributed by atoms with E-state index in [1.165, 1.54) is 24.9 Å². The van der Waals surface area contributed by atoms with Crippen molar-refractivity contribution in [1.29, 1.82) is 0 Å². The quantitative estimate of drug-likeness (QED) is 0.654. The lowest BCUT2D eigenvalue weighted by Crippen LogP contribution is -2.49. The number of alkyl halides is 1. The minimum absolute atomic E-state index is 0.258. The van der Waals surface area contributed by atoms with Crippen LogP contribution >= 0.6 is 0 Å². The number of nitrogens with one attached hydrogen (secondary N) is 1. The largest absolute Gasteiger partial charge is 0.449 e. The summed E-state index contributed by atoms with van der Waals surface area (Å²) in [5, 5.41) is 3.43. The Labute approximate surface area is 191 Å². The number of rotatable bonds is 8. The molecule has 1 amide bonds. The zero-order valence-corrected chi connectivity index (χ0v) is 19.2. The maximum atomic E-state index is 15.3. The van der Waals surface area contributed by atoms with Gasteiger partial charge in [0.25, 0.3) is 0 Å². The van der Waals surface area contributed by atoms with Crippen LogP contribution in [-0.2, 0) is 4.74 Å². The van der Waals surface area contributed by atoms with E-state index >= 15 is 4.39 Å². The minimum atomic E-state index is -1.23.